The lowest BCUT2D eigenvalue weighted by molar-refractivity contribution is -0.445. The van der Waals surface area contributed by atoms with Crippen LogP contribution in [0.1, 0.15) is 106 Å². The molecule has 3 fully saturated rings. The highest BCUT2D eigenvalue weighted by Gasteiger charge is 2.74. The van der Waals surface area contributed by atoms with E-state index in [1.807, 2.05) is 0 Å². The van der Waals surface area contributed by atoms with Gasteiger partial charge in [0.2, 0.25) is 0 Å². The molecular formula is C29H46O5. The molecule has 2 aliphatic heterocycles. The summed E-state index contributed by atoms with van der Waals surface area (Å²) in [5.41, 5.74) is 2.04. The van der Waals surface area contributed by atoms with Crippen molar-refractivity contribution in [2.45, 2.75) is 130 Å². The summed E-state index contributed by atoms with van der Waals surface area (Å²) < 4.78 is 5.62. The zero-order valence-corrected chi connectivity index (χ0v) is 22.2. The predicted octanol–water partition coefficient (Wildman–Crippen LogP) is 6.14. The number of fused-ring (bicyclic) bond motifs is 2. The molecule has 6 rings (SSSR count). The van der Waals surface area contributed by atoms with E-state index in [0.29, 0.717) is 17.8 Å². The molecule has 2 heterocycles. The fraction of sp³-hybridized carbons (Fsp3) is 0.897. The van der Waals surface area contributed by atoms with Crippen molar-refractivity contribution < 1.29 is 24.4 Å². The van der Waals surface area contributed by atoms with Crippen molar-refractivity contribution in [3.8, 4) is 0 Å². The minimum absolute atomic E-state index is 0.0179. The van der Waals surface area contributed by atoms with Gasteiger partial charge in [-0.25, -0.2) is 9.78 Å². The first kappa shape index (κ1) is 24.8. The van der Waals surface area contributed by atoms with Crippen LogP contribution < -0.4 is 0 Å². The molecule has 2 saturated carbocycles. The van der Waals surface area contributed by atoms with Gasteiger partial charge in [-0.05, 0) is 85.2 Å². The van der Waals surface area contributed by atoms with Crippen molar-refractivity contribution in [2.24, 2.45) is 34.5 Å². The maximum Gasteiger partial charge on any atom is 0.302 e. The lowest BCUT2D eigenvalue weighted by Crippen LogP contribution is -2.66. The lowest BCUT2D eigenvalue weighted by Gasteiger charge is -2.63. The Morgan fingerprint density at radius 1 is 1.18 bits per heavy atom. The second-order valence-electron chi connectivity index (χ2n) is 13.2. The zero-order valence-electron chi connectivity index (χ0n) is 22.2. The predicted molar refractivity (Wildman–Crippen MR) is 131 cm³/mol. The van der Waals surface area contributed by atoms with Crippen LogP contribution in [0.25, 0.3) is 0 Å². The van der Waals surface area contributed by atoms with E-state index in [-0.39, 0.29) is 29.0 Å². The minimum atomic E-state index is -0.700. The molecule has 5 nitrogen and oxygen atoms in total. The Balaban J connectivity index is 1.45. The third kappa shape index (κ3) is 3.47. The molecule has 1 spiro atoms. The largest absolute Gasteiger partial charge is 0.463 e. The van der Waals surface area contributed by atoms with Crippen LogP contribution in [-0.4, -0.2) is 35.0 Å². The number of rotatable bonds is 6. The van der Waals surface area contributed by atoms with Crippen LogP contribution in [0.2, 0.25) is 0 Å². The van der Waals surface area contributed by atoms with E-state index >= 15 is 0 Å². The molecular weight excluding hydrogens is 428 g/mol. The number of ether oxygens (including phenoxy) is 1. The summed E-state index contributed by atoms with van der Waals surface area (Å²) in [5.74, 6) is 2.07. The first-order valence-electron chi connectivity index (χ1n) is 14.0. The molecule has 0 unspecified atom stereocenters. The summed E-state index contributed by atoms with van der Waals surface area (Å²) in [6.07, 6.45) is 9.87. The molecule has 9 atom stereocenters. The summed E-state index contributed by atoms with van der Waals surface area (Å²) in [6, 6.07) is 0. The van der Waals surface area contributed by atoms with Gasteiger partial charge in [0, 0.05) is 12.3 Å². The summed E-state index contributed by atoms with van der Waals surface area (Å²) in [4.78, 5) is 24.0. The van der Waals surface area contributed by atoms with Gasteiger partial charge in [-0.3, -0.25) is 4.79 Å². The molecule has 34 heavy (non-hydrogen) atoms. The monoisotopic (exact) mass is 474 g/mol. The topological polar surface area (TPSA) is 65.0 Å². The fourth-order valence-corrected chi connectivity index (χ4v) is 9.22. The SMILES string of the molecule is CC(=O)O[C@H]1CC[C@]2(C)C3=C(CC[C@H]2C1)[C@@]12OO[C@@H]3C[C@]1(C)[C@@H]([C@H](C)CCCC(C)C)C[C@@H]2O. The standard InChI is InChI=1S/C29H46O5/c1-17(2)8-7-9-18(3)23-15-25(31)29-22-11-10-20-14-21(32-19(4)30)12-13-27(20,5)26(22)24(33-34-29)16-28(23,29)6/h17-18,20-21,23-25,31H,7-16H2,1-6H3/t18-,20+,21+,23-,24-,25+,27+,28-,29+/m1/s1. The third-order valence-electron chi connectivity index (χ3n) is 10.9. The Hall–Kier alpha value is -0.910. The Morgan fingerprint density at radius 2 is 1.94 bits per heavy atom. The number of hydrogen-bond acceptors (Lipinski definition) is 5. The summed E-state index contributed by atoms with van der Waals surface area (Å²) >= 11 is 0. The van der Waals surface area contributed by atoms with Gasteiger partial charge in [0.15, 0.2) is 5.60 Å². The van der Waals surface area contributed by atoms with Gasteiger partial charge in [0.1, 0.15) is 12.2 Å². The van der Waals surface area contributed by atoms with Crippen molar-refractivity contribution >= 4 is 5.97 Å². The molecule has 0 aromatic heterocycles. The summed E-state index contributed by atoms with van der Waals surface area (Å²) in [7, 11) is 0. The molecule has 1 saturated heterocycles. The van der Waals surface area contributed by atoms with Gasteiger partial charge in [0.25, 0.3) is 0 Å². The van der Waals surface area contributed by atoms with Crippen LogP contribution in [0.4, 0.5) is 0 Å². The van der Waals surface area contributed by atoms with Crippen molar-refractivity contribution in [3.05, 3.63) is 11.1 Å². The Kier molecular flexibility index (Phi) is 6.26. The van der Waals surface area contributed by atoms with Crippen LogP contribution in [0.5, 0.6) is 0 Å². The third-order valence-corrected chi connectivity index (χ3v) is 10.9. The number of carbonyl (C=O) groups excluding carboxylic acids is 1. The Morgan fingerprint density at radius 3 is 2.65 bits per heavy atom. The number of aliphatic hydroxyl groups is 1. The summed E-state index contributed by atoms with van der Waals surface area (Å²) in [5, 5.41) is 11.7. The maximum absolute atomic E-state index is 11.7. The lowest BCUT2D eigenvalue weighted by atomic mass is 9.48. The van der Waals surface area contributed by atoms with Gasteiger partial charge in [0.05, 0.1) is 6.10 Å². The van der Waals surface area contributed by atoms with Gasteiger partial charge >= 0.3 is 5.97 Å². The molecule has 6 aliphatic rings. The highest BCUT2D eigenvalue weighted by atomic mass is 17.2. The highest BCUT2D eigenvalue weighted by Crippen LogP contribution is 2.71. The normalized spacial score (nSPS) is 46.2. The molecule has 192 valence electrons. The van der Waals surface area contributed by atoms with Crippen molar-refractivity contribution in [1.29, 1.82) is 0 Å². The van der Waals surface area contributed by atoms with Gasteiger partial charge in [-0.2, -0.15) is 0 Å². The molecule has 0 aromatic rings. The van der Waals surface area contributed by atoms with Crippen LogP contribution in [0.15, 0.2) is 11.1 Å². The van der Waals surface area contributed by atoms with E-state index < -0.39 is 11.7 Å². The van der Waals surface area contributed by atoms with E-state index in [1.165, 1.54) is 37.3 Å². The molecule has 0 aromatic carbocycles. The van der Waals surface area contributed by atoms with E-state index in [9.17, 15) is 9.90 Å². The zero-order chi connectivity index (χ0) is 24.5. The average molecular weight is 475 g/mol. The second-order valence-corrected chi connectivity index (χ2v) is 13.2. The first-order valence-corrected chi connectivity index (χ1v) is 14.0. The Bertz CT molecular complexity index is 849. The van der Waals surface area contributed by atoms with Crippen molar-refractivity contribution in [3.63, 3.8) is 0 Å². The van der Waals surface area contributed by atoms with E-state index in [0.717, 1.165) is 50.9 Å². The minimum Gasteiger partial charge on any atom is -0.463 e. The van der Waals surface area contributed by atoms with Gasteiger partial charge in [-0.1, -0.05) is 53.9 Å². The van der Waals surface area contributed by atoms with Gasteiger partial charge in [-0.15, -0.1) is 0 Å². The molecule has 1 N–H and O–H groups in total. The number of carbonyl (C=O) groups is 1. The molecule has 2 bridgehead atoms. The summed E-state index contributed by atoms with van der Waals surface area (Å²) in [6.45, 7) is 13.3. The average Bonchev–Trinajstić information content (AvgIpc) is 3.00. The fourth-order valence-electron chi connectivity index (χ4n) is 9.22. The molecule has 5 heteroatoms. The molecule has 0 amide bonds. The molecule has 4 aliphatic carbocycles. The van der Waals surface area contributed by atoms with Crippen LogP contribution in [-0.2, 0) is 19.3 Å². The van der Waals surface area contributed by atoms with Crippen LogP contribution in [0, 0.1) is 34.5 Å². The highest BCUT2D eigenvalue weighted by molar-refractivity contribution is 5.66. The molecule has 0 radical (unpaired) electrons. The van der Waals surface area contributed by atoms with E-state index in [4.69, 9.17) is 14.5 Å². The van der Waals surface area contributed by atoms with E-state index in [1.54, 1.807) is 0 Å². The number of aliphatic hydroxyl groups excluding tert-OH is 1. The first-order chi connectivity index (χ1) is 16.0. The number of hydrogen-bond donors (Lipinski definition) is 1. The smallest absolute Gasteiger partial charge is 0.302 e. The second kappa shape index (κ2) is 8.59. The quantitative estimate of drug-likeness (QED) is 0.285. The van der Waals surface area contributed by atoms with Crippen molar-refractivity contribution in [1.82, 2.24) is 0 Å². The van der Waals surface area contributed by atoms with Crippen LogP contribution in [0.3, 0.4) is 0 Å². The van der Waals surface area contributed by atoms with Crippen LogP contribution >= 0.6 is 0 Å². The van der Waals surface area contributed by atoms with E-state index in [2.05, 4.69) is 34.6 Å². The van der Waals surface area contributed by atoms with Crippen molar-refractivity contribution in [2.75, 3.05) is 0 Å². The maximum atomic E-state index is 11.7. The van der Waals surface area contributed by atoms with Gasteiger partial charge < -0.3 is 9.84 Å². The number of esters is 1. The Labute approximate surface area is 205 Å².